The molecule has 0 fully saturated rings. The predicted molar refractivity (Wildman–Crippen MR) is 103 cm³/mol. The summed E-state index contributed by atoms with van der Waals surface area (Å²) in [7, 11) is 1.63. The van der Waals surface area contributed by atoms with Crippen LogP contribution in [0.15, 0.2) is 48.5 Å². The van der Waals surface area contributed by atoms with Gasteiger partial charge in [-0.1, -0.05) is 25.2 Å². The van der Waals surface area contributed by atoms with Crippen molar-refractivity contribution in [2.45, 2.75) is 19.8 Å². The minimum atomic E-state index is -0.0536. The lowest BCUT2D eigenvalue weighted by molar-refractivity contribution is 0.0719. The van der Waals surface area contributed by atoms with E-state index in [0.29, 0.717) is 18.7 Å². The zero-order valence-electron chi connectivity index (χ0n) is 15.4. The fourth-order valence-corrected chi connectivity index (χ4v) is 2.48. The van der Waals surface area contributed by atoms with Crippen molar-refractivity contribution in [3.63, 3.8) is 0 Å². The molecule has 0 atom stereocenters. The Hall–Kier alpha value is -2.77. The summed E-state index contributed by atoms with van der Waals surface area (Å²) < 4.78 is 5.13. The van der Waals surface area contributed by atoms with E-state index < -0.39 is 0 Å². The number of amides is 1. The number of rotatable bonds is 7. The van der Waals surface area contributed by atoms with Gasteiger partial charge in [-0.3, -0.25) is 4.79 Å². The largest absolute Gasteiger partial charge is 0.497 e. The average molecular weight is 351 g/mol. The lowest BCUT2D eigenvalue weighted by Gasteiger charge is -2.21. The molecule has 0 saturated heterocycles. The van der Waals surface area contributed by atoms with E-state index in [1.807, 2.05) is 36.4 Å². The van der Waals surface area contributed by atoms with Crippen molar-refractivity contribution < 1.29 is 14.6 Å². The van der Waals surface area contributed by atoms with Gasteiger partial charge in [-0.25, -0.2) is 0 Å². The highest BCUT2D eigenvalue weighted by Crippen LogP contribution is 2.11. The molecule has 0 radical (unpaired) electrons. The number of carbonyl (C=O) groups excluding carboxylic acids is 1. The van der Waals surface area contributed by atoms with Crippen LogP contribution in [0, 0.1) is 11.8 Å². The van der Waals surface area contributed by atoms with Gasteiger partial charge in [0, 0.05) is 29.8 Å². The molecule has 2 rings (SSSR count). The van der Waals surface area contributed by atoms with Crippen LogP contribution in [0.2, 0.25) is 0 Å². The number of benzene rings is 2. The summed E-state index contributed by atoms with van der Waals surface area (Å²) in [5.41, 5.74) is 2.36. The minimum absolute atomic E-state index is 0.0269. The van der Waals surface area contributed by atoms with Crippen LogP contribution < -0.4 is 4.74 Å². The Kier molecular flexibility index (Phi) is 7.73. The summed E-state index contributed by atoms with van der Waals surface area (Å²) in [5, 5.41) is 9.17. The molecule has 136 valence electrons. The molecule has 2 aromatic carbocycles. The first-order valence-electron chi connectivity index (χ1n) is 8.84. The van der Waals surface area contributed by atoms with Crippen molar-refractivity contribution in [2.75, 3.05) is 26.8 Å². The van der Waals surface area contributed by atoms with Gasteiger partial charge in [-0.2, -0.15) is 0 Å². The second-order valence-electron chi connectivity index (χ2n) is 5.93. The third-order valence-electron chi connectivity index (χ3n) is 4.01. The maximum absolute atomic E-state index is 12.6. The lowest BCUT2D eigenvalue weighted by atomic mass is 10.1. The van der Waals surface area contributed by atoms with Gasteiger partial charge in [-0.05, 0) is 55.0 Å². The highest BCUT2D eigenvalue weighted by Gasteiger charge is 2.14. The number of carbonyl (C=O) groups is 1. The summed E-state index contributed by atoms with van der Waals surface area (Å²) in [6, 6.07) is 14.8. The third-order valence-corrected chi connectivity index (χ3v) is 4.01. The Morgan fingerprint density at radius 2 is 1.58 bits per heavy atom. The number of methoxy groups -OCH3 is 1. The van der Waals surface area contributed by atoms with Gasteiger partial charge in [0.25, 0.3) is 5.91 Å². The summed E-state index contributed by atoms with van der Waals surface area (Å²) in [5.74, 6) is 6.94. The molecule has 0 heterocycles. The Morgan fingerprint density at radius 3 is 2.08 bits per heavy atom. The van der Waals surface area contributed by atoms with Crippen molar-refractivity contribution in [1.29, 1.82) is 0 Å². The molecule has 0 saturated carbocycles. The fourth-order valence-electron chi connectivity index (χ4n) is 2.48. The van der Waals surface area contributed by atoms with E-state index in [1.165, 1.54) is 0 Å². The first-order chi connectivity index (χ1) is 12.7. The van der Waals surface area contributed by atoms with Crippen LogP contribution in [-0.4, -0.2) is 42.7 Å². The quantitative estimate of drug-likeness (QED) is 0.779. The highest BCUT2D eigenvalue weighted by atomic mass is 16.5. The molecule has 0 bridgehead atoms. The maximum Gasteiger partial charge on any atom is 0.253 e. The van der Waals surface area contributed by atoms with E-state index in [1.54, 1.807) is 24.1 Å². The summed E-state index contributed by atoms with van der Waals surface area (Å²) in [4.78, 5) is 14.3. The van der Waals surface area contributed by atoms with Crippen molar-refractivity contribution in [1.82, 2.24) is 4.90 Å². The van der Waals surface area contributed by atoms with E-state index >= 15 is 0 Å². The van der Waals surface area contributed by atoms with E-state index in [-0.39, 0.29) is 12.5 Å². The second-order valence-corrected chi connectivity index (χ2v) is 5.93. The van der Waals surface area contributed by atoms with Crippen molar-refractivity contribution in [3.8, 4) is 17.6 Å². The molecule has 0 spiro atoms. The van der Waals surface area contributed by atoms with Gasteiger partial charge in [-0.15, -0.1) is 0 Å². The number of hydrogen-bond donors (Lipinski definition) is 1. The molecule has 2 aromatic rings. The van der Waals surface area contributed by atoms with Gasteiger partial charge < -0.3 is 14.7 Å². The number of hydrogen-bond acceptors (Lipinski definition) is 3. The molecule has 0 unspecified atom stereocenters. The topological polar surface area (TPSA) is 49.8 Å². The standard InChI is InChI=1S/C22H25NO3/c1-3-4-15-23(16-17-24)22(25)20-11-7-18(8-12-20)5-6-19-9-13-21(26-2)14-10-19/h7-14,24H,3-4,15-17H2,1-2H3. The van der Waals surface area contributed by atoms with E-state index in [9.17, 15) is 4.79 Å². The molecule has 26 heavy (non-hydrogen) atoms. The molecule has 0 aliphatic heterocycles. The van der Waals surface area contributed by atoms with Crippen LogP contribution in [0.25, 0.3) is 0 Å². The van der Waals surface area contributed by atoms with Gasteiger partial charge >= 0.3 is 0 Å². The molecule has 0 aromatic heterocycles. The Morgan fingerprint density at radius 1 is 1.00 bits per heavy atom. The van der Waals surface area contributed by atoms with Crippen LogP contribution in [0.3, 0.4) is 0 Å². The number of aliphatic hydroxyl groups is 1. The van der Waals surface area contributed by atoms with Crippen LogP contribution in [0.4, 0.5) is 0 Å². The van der Waals surface area contributed by atoms with Gasteiger partial charge in [0.15, 0.2) is 0 Å². The molecule has 1 N–H and O–H groups in total. The lowest BCUT2D eigenvalue weighted by Crippen LogP contribution is -2.34. The predicted octanol–water partition coefficient (Wildman–Crippen LogP) is 3.33. The molecular weight excluding hydrogens is 326 g/mol. The molecular formula is C22H25NO3. The average Bonchev–Trinajstić information content (AvgIpc) is 2.70. The molecule has 4 heteroatoms. The van der Waals surface area contributed by atoms with Crippen LogP contribution >= 0.6 is 0 Å². The Bertz CT molecular complexity index is 755. The zero-order valence-corrected chi connectivity index (χ0v) is 15.4. The number of aliphatic hydroxyl groups excluding tert-OH is 1. The van der Waals surface area contributed by atoms with Gasteiger partial charge in [0.1, 0.15) is 5.75 Å². The third kappa shape index (κ3) is 5.65. The zero-order chi connectivity index (χ0) is 18.8. The Labute approximate surface area is 155 Å². The summed E-state index contributed by atoms with van der Waals surface area (Å²) in [6.45, 7) is 3.07. The van der Waals surface area contributed by atoms with Crippen LogP contribution in [0.1, 0.15) is 41.3 Å². The van der Waals surface area contributed by atoms with Crippen molar-refractivity contribution in [2.24, 2.45) is 0 Å². The summed E-state index contributed by atoms with van der Waals surface area (Å²) in [6.07, 6.45) is 1.94. The maximum atomic E-state index is 12.6. The SMILES string of the molecule is CCCCN(CCO)C(=O)c1ccc(C#Cc2ccc(OC)cc2)cc1. The van der Waals surface area contributed by atoms with E-state index in [2.05, 4.69) is 18.8 Å². The minimum Gasteiger partial charge on any atom is -0.497 e. The second kappa shape index (κ2) is 10.3. The Balaban J connectivity index is 2.07. The smallest absolute Gasteiger partial charge is 0.253 e. The van der Waals surface area contributed by atoms with Gasteiger partial charge in [0.2, 0.25) is 0 Å². The van der Waals surface area contributed by atoms with E-state index in [4.69, 9.17) is 9.84 Å². The van der Waals surface area contributed by atoms with Crippen molar-refractivity contribution >= 4 is 5.91 Å². The van der Waals surface area contributed by atoms with E-state index in [0.717, 1.165) is 29.7 Å². The highest BCUT2D eigenvalue weighted by molar-refractivity contribution is 5.94. The fraction of sp³-hybridized carbons (Fsp3) is 0.318. The molecule has 0 aliphatic carbocycles. The first-order valence-corrected chi connectivity index (χ1v) is 8.84. The first kappa shape index (κ1) is 19.6. The molecule has 4 nitrogen and oxygen atoms in total. The van der Waals surface area contributed by atoms with Crippen LogP contribution in [-0.2, 0) is 0 Å². The monoisotopic (exact) mass is 351 g/mol. The number of nitrogens with zero attached hydrogens (tertiary/aromatic N) is 1. The summed E-state index contributed by atoms with van der Waals surface area (Å²) >= 11 is 0. The van der Waals surface area contributed by atoms with Gasteiger partial charge in [0.05, 0.1) is 13.7 Å². The molecule has 1 amide bonds. The number of ether oxygens (including phenoxy) is 1. The normalized spacial score (nSPS) is 9.96. The van der Waals surface area contributed by atoms with Crippen LogP contribution in [0.5, 0.6) is 5.75 Å². The number of unbranched alkanes of at least 4 members (excludes halogenated alkanes) is 1. The van der Waals surface area contributed by atoms with Crippen molar-refractivity contribution in [3.05, 3.63) is 65.2 Å². The molecule has 0 aliphatic rings.